The normalized spacial score (nSPS) is 10.3. The first kappa shape index (κ1) is 19.4. The molecule has 0 atom stereocenters. The van der Waals surface area contributed by atoms with Gasteiger partial charge in [0.2, 0.25) is 0 Å². The summed E-state index contributed by atoms with van der Waals surface area (Å²) < 4.78 is 0. The van der Waals surface area contributed by atoms with Crippen molar-refractivity contribution in [3.8, 4) is 0 Å². The molecule has 1 aromatic heterocycles. The van der Waals surface area contributed by atoms with E-state index in [4.69, 9.17) is 0 Å². The van der Waals surface area contributed by atoms with Crippen LogP contribution in [0, 0.1) is 0 Å². The number of nitrogens with one attached hydrogen (secondary N) is 3. The molecule has 0 spiro atoms. The number of para-hydroxylation sites is 2. The van der Waals surface area contributed by atoms with Crippen LogP contribution in [-0.4, -0.2) is 28.9 Å². The summed E-state index contributed by atoms with van der Waals surface area (Å²) in [5.41, 5.74) is 3.89. The van der Waals surface area contributed by atoms with Gasteiger partial charge in [-0.3, -0.25) is 19.4 Å². The van der Waals surface area contributed by atoms with E-state index in [-0.39, 0.29) is 11.3 Å². The van der Waals surface area contributed by atoms with Crippen LogP contribution in [0.15, 0.2) is 84.2 Å². The number of nitrogens with zero attached hydrogens (tertiary/aromatic N) is 2. The van der Waals surface area contributed by atoms with E-state index in [0.29, 0.717) is 11.3 Å². The zero-order valence-electron chi connectivity index (χ0n) is 15.2. The number of hydrogen-bond acceptors (Lipinski definition) is 5. The molecule has 0 fully saturated rings. The Hall–Kier alpha value is -4.33. The lowest BCUT2D eigenvalue weighted by Crippen LogP contribution is -2.33. The van der Waals surface area contributed by atoms with Gasteiger partial charge in [-0.25, -0.2) is 5.43 Å². The molecule has 144 valence electrons. The molecule has 0 aliphatic rings. The Morgan fingerprint density at radius 1 is 0.793 bits per heavy atom. The van der Waals surface area contributed by atoms with E-state index in [1.165, 1.54) is 12.3 Å². The second-order valence-corrected chi connectivity index (χ2v) is 5.80. The zero-order chi connectivity index (χ0) is 20.5. The maximum Gasteiger partial charge on any atom is 0.329 e. The predicted molar refractivity (Wildman–Crippen MR) is 109 cm³/mol. The molecule has 0 radical (unpaired) electrons. The molecule has 3 aromatic rings. The second-order valence-electron chi connectivity index (χ2n) is 5.80. The fraction of sp³-hybridized carbons (Fsp3) is 0. The summed E-state index contributed by atoms with van der Waals surface area (Å²) in [5, 5.41) is 8.89. The average Bonchev–Trinajstić information content (AvgIpc) is 2.75. The van der Waals surface area contributed by atoms with Crippen molar-refractivity contribution >= 4 is 35.3 Å². The Bertz CT molecular complexity index is 1040. The summed E-state index contributed by atoms with van der Waals surface area (Å²) in [4.78, 5) is 40.5. The van der Waals surface area contributed by atoms with E-state index in [1.807, 2.05) is 6.07 Å². The summed E-state index contributed by atoms with van der Waals surface area (Å²) in [7, 11) is 0. The molecule has 0 unspecified atom stereocenters. The van der Waals surface area contributed by atoms with Crippen LogP contribution in [0.25, 0.3) is 0 Å². The number of amides is 3. The standard InChI is InChI=1S/C21H17N5O3/c27-19(24-16-6-2-1-3-7-16)17-8-4-5-9-18(17)25-20(28)21(29)26-23-14-15-10-12-22-13-11-15/h1-14H,(H,24,27)(H,25,28)(H,26,29). The van der Waals surface area contributed by atoms with E-state index in [0.717, 1.165) is 0 Å². The third-order valence-electron chi connectivity index (χ3n) is 3.74. The molecule has 0 saturated heterocycles. The number of pyridine rings is 1. The van der Waals surface area contributed by atoms with E-state index in [1.54, 1.807) is 67.0 Å². The SMILES string of the molecule is O=C(NN=Cc1ccncc1)C(=O)Nc1ccccc1C(=O)Nc1ccccc1. The first-order chi connectivity index (χ1) is 14.1. The van der Waals surface area contributed by atoms with Gasteiger partial charge in [0.1, 0.15) is 0 Å². The van der Waals surface area contributed by atoms with Gasteiger partial charge in [-0.1, -0.05) is 30.3 Å². The van der Waals surface area contributed by atoms with Crippen molar-refractivity contribution in [2.24, 2.45) is 5.10 Å². The molecule has 29 heavy (non-hydrogen) atoms. The molecule has 8 nitrogen and oxygen atoms in total. The Labute approximate surface area is 166 Å². The van der Waals surface area contributed by atoms with Gasteiger partial charge in [0.15, 0.2) is 0 Å². The van der Waals surface area contributed by atoms with Crippen LogP contribution in [-0.2, 0) is 9.59 Å². The van der Waals surface area contributed by atoms with Crippen LogP contribution in [0.1, 0.15) is 15.9 Å². The van der Waals surface area contributed by atoms with Crippen LogP contribution >= 0.6 is 0 Å². The number of rotatable bonds is 5. The highest BCUT2D eigenvalue weighted by molar-refractivity contribution is 6.40. The average molecular weight is 387 g/mol. The van der Waals surface area contributed by atoms with Crippen LogP contribution < -0.4 is 16.1 Å². The lowest BCUT2D eigenvalue weighted by molar-refractivity contribution is -0.136. The fourth-order valence-corrected chi connectivity index (χ4v) is 2.35. The maximum atomic E-state index is 12.5. The van der Waals surface area contributed by atoms with Crippen LogP contribution in [0.2, 0.25) is 0 Å². The zero-order valence-corrected chi connectivity index (χ0v) is 15.2. The molecule has 1 heterocycles. The smallest absolute Gasteiger partial charge is 0.322 e. The minimum absolute atomic E-state index is 0.208. The van der Waals surface area contributed by atoms with Crippen LogP contribution in [0.3, 0.4) is 0 Å². The predicted octanol–water partition coefficient (Wildman–Crippen LogP) is 2.42. The number of anilines is 2. The number of aromatic nitrogens is 1. The Morgan fingerprint density at radius 2 is 1.48 bits per heavy atom. The quantitative estimate of drug-likeness (QED) is 0.354. The molecular weight excluding hydrogens is 370 g/mol. The van der Waals surface area contributed by atoms with Gasteiger partial charge in [0.25, 0.3) is 5.91 Å². The third kappa shape index (κ3) is 5.57. The number of hydrogen-bond donors (Lipinski definition) is 3. The van der Waals surface area contributed by atoms with Gasteiger partial charge in [-0.05, 0) is 42.0 Å². The molecule has 3 amide bonds. The van der Waals surface area contributed by atoms with Crippen molar-refractivity contribution in [1.82, 2.24) is 10.4 Å². The molecule has 0 bridgehead atoms. The molecule has 0 aliphatic carbocycles. The van der Waals surface area contributed by atoms with Crippen LogP contribution in [0.5, 0.6) is 0 Å². The summed E-state index contributed by atoms with van der Waals surface area (Å²) in [6.45, 7) is 0. The number of carbonyl (C=O) groups excluding carboxylic acids is 3. The minimum Gasteiger partial charge on any atom is -0.322 e. The molecule has 0 saturated carbocycles. The van der Waals surface area contributed by atoms with Crippen molar-refractivity contribution < 1.29 is 14.4 Å². The van der Waals surface area contributed by atoms with Crippen molar-refractivity contribution in [1.29, 1.82) is 0 Å². The van der Waals surface area contributed by atoms with Gasteiger partial charge >= 0.3 is 11.8 Å². The maximum absolute atomic E-state index is 12.5. The Morgan fingerprint density at radius 3 is 2.24 bits per heavy atom. The molecule has 3 rings (SSSR count). The molecule has 0 aliphatic heterocycles. The monoisotopic (exact) mass is 387 g/mol. The largest absolute Gasteiger partial charge is 0.329 e. The third-order valence-corrected chi connectivity index (χ3v) is 3.74. The summed E-state index contributed by atoms with van der Waals surface area (Å²) in [5.74, 6) is -2.33. The van der Waals surface area contributed by atoms with Crippen molar-refractivity contribution in [2.45, 2.75) is 0 Å². The van der Waals surface area contributed by atoms with Gasteiger partial charge in [-0.2, -0.15) is 5.10 Å². The summed E-state index contributed by atoms with van der Waals surface area (Å²) in [6.07, 6.45) is 4.54. The lowest BCUT2D eigenvalue weighted by atomic mass is 10.1. The van der Waals surface area contributed by atoms with Crippen molar-refractivity contribution in [2.75, 3.05) is 10.6 Å². The van der Waals surface area contributed by atoms with Crippen molar-refractivity contribution in [3.05, 3.63) is 90.3 Å². The molecule has 8 heteroatoms. The number of benzene rings is 2. The minimum atomic E-state index is -0.964. The highest BCUT2D eigenvalue weighted by Crippen LogP contribution is 2.17. The first-order valence-corrected chi connectivity index (χ1v) is 8.63. The van der Waals surface area contributed by atoms with Gasteiger partial charge < -0.3 is 10.6 Å². The molecule has 2 aromatic carbocycles. The number of hydrazone groups is 1. The Balaban J connectivity index is 1.63. The van der Waals surface area contributed by atoms with E-state index < -0.39 is 17.7 Å². The van der Waals surface area contributed by atoms with E-state index in [9.17, 15) is 14.4 Å². The van der Waals surface area contributed by atoms with Gasteiger partial charge in [-0.15, -0.1) is 0 Å². The molecule has 3 N–H and O–H groups in total. The highest BCUT2D eigenvalue weighted by Gasteiger charge is 2.17. The van der Waals surface area contributed by atoms with Crippen LogP contribution in [0.4, 0.5) is 11.4 Å². The second kappa shape index (κ2) is 9.56. The van der Waals surface area contributed by atoms with Gasteiger partial charge in [0.05, 0.1) is 17.5 Å². The van der Waals surface area contributed by atoms with Gasteiger partial charge in [0, 0.05) is 18.1 Å². The number of carbonyl (C=O) groups is 3. The summed E-state index contributed by atoms with van der Waals surface area (Å²) >= 11 is 0. The lowest BCUT2D eigenvalue weighted by Gasteiger charge is -2.11. The van der Waals surface area contributed by atoms with E-state index >= 15 is 0 Å². The molecular formula is C21H17N5O3. The topological polar surface area (TPSA) is 113 Å². The summed E-state index contributed by atoms with van der Waals surface area (Å²) in [6, 6.07) is 18.7. The highest BCUT2D eigenvalue weighted by atomic mass is 16.2. The Kier molecular flexibility index (Phi) is 6.41. The fourth-order valence-electron chi connectivity index (χ4n) is 2.35. The van der Waals surface area contributed by atoms with Crippen molar-refractivity contribution in [3.63, 3.8) is 0 Å². The first-order valence-electron chi connectivity index (χ1n) is 8.63. The van der Waals surface area contributed by atoms with E-state index in [2.05, 4.69) is 26.1 Å².